The number of nitrogens with zero attached hydrogens (tertiary/aromatic N) is 1. The molecule has 0 atom stereocenters. The summed E-state index contributed by atoms with van der Waals surface area (Å²) < 4.78 is 4.95. The van der Waals surface area contributed by atoms with E-state index in [2.05, 4.69) is 15.8 Å². The summed E-state index contributed by atoms with van der Waals surface area (Å²) in [4.78, 5) is 22.8. The van der Waals surface area contributed by atoms with Crippen molar-refractivity contribution in [1.29, 1.82) is 0 Å². The van der Waals surface area contributed by atoms with Gasteiger partial charge in [0.25, 0.3) is 5.91 Å². The van der Waals surface area contributed by atoms with E-state index < -0.39 is 11.9 Å². The van der Waals surface area contributed by atoms with Crippen molar-refractivity contribution in [1.82, 2.24) is 15.8 Å². The second-order valence-corrected chi connectivity index (χ2v) is 4.01. The SMILES string of the molecule is CCCc1cc(C(=O)NC(=O)NC(C)C)no1. The molecular formula is C11H17N3O3. The average molecular weight is 239 g/mol. The molecule has 0 radical (unpaired) electrons. The van der Waals surface area contributed by atoms with Crippen LogP contribution >= 0.6 is 0 Å². The standard InChI is InChI=1S/C11H17N3O3/c1-4-5-8-6-9(14-17-8)10(15)13-11(16)12-7(2)3/h6-7H,4-5H2,1-3H3,(H2,12,13,15,16). The summed E-state index contributed by atoms with van der Waals surface area (Å²) >= 11 is 0. The lowest BCUT2D eigenvalue weighted by Gasteiger charge is -2.07. The first-order chi connectivity index (χ1) is 8.02. The average Bonchev–Trinajstić information content (AvgIpc) is 2.65. The van der Waals surface area contributed by atoms with E-state index in [4.69, 9.17) is 4.52 Å². The molecular weight excluding hydrogens is 222 g/mol. The second-order valence-electron chi connectivity index (χ2n) is 4.01. The van der Waals surface area contributed by atoms with Gasteiger partial charge in [-0.25, -0.2) is 4.79 Å². The Morgan fingerprint density at radius 2 is 2.18 bits per heavy atom. The molecule has 6 heteroatoms. The highest BCUT2D eigenvalue weighted by molar-refractivity contribution is 6.03. The number of urea groups is 1. The maximum absolute atomic E-state index is 11.6. The van der Waals surface area contributed by atoms with E-state index in [1.807, 2.05) is 6.92 Å². The van der Waals surface area contributed by atoms with Gasteiger partial charge in [-0.2, -0.15) is 0 Å². The van der Waals surface area contributed by atoms with Gasteiger partial charge in [0.15, 0.2) is 5.69 Å². The molecule has 1 rings (SSSR count). The molecule has 1 aromatic heterocycles. The first kappa shape index (κ1) is 13.2. The summed E-state index contributed by atoms with van der Waals surface area (Å²) in [6.45, 7) is 5.61. The molecule has 0 fully saturated rings. The molecule has 94 valence electrons. The van der Waals surface area contributed by atoms with Gasteiger partial charge < -0.3 is 9.84 Å². The van der Waals surface area contributed by atoms with Crippen molar-refractivity contribution in [3.63, 3.8) is 0 Å². The quantitative estimate of drug-likeness (QED) is 0.833. The number of imide groups is 1. The fraction of sp³-hybridized carbons (Fsp3) is 0.545. The van der Waals surface area contributed by atoms with Crippen LogP contribution in [-0.2, 0) is 6.42 Å². The van der Waals surface area contributed by atoms with Crippen LogP contribution in [-0.4, -0.2) is 23.1 Å². The molecule has 3 amide bonds. The first-order valence-electron chi connectivity index (χ1n) is 5.60. The Labute approximate surface area is 99.7 Å². The normalized spacial score (nSPS) is 10.4. The number of carbonyl (C=O) groups excluding carboxylic acids is 2. The highest BCUT2D eigenvalue weighted by Crippen LogP contribution is 2.05. The van der Waals surface area contributed by atoms with Gasteiger partial charge >= 0.3 is 6.03 Å². The van der Waals surface area contributed by atoms with Gasteiger partial charge in [-0.15, -0.1) is 0 Å². The molecule has 1 heterocycles. The van der Waals surface area contributed by atoms with Gasteiger partial charge in [0, 0.05) is 18.5 Å². The van der Waals surface area contributed by atoms with Crippen LogP contribution in [0.2, 0.25) is 0 Å². The number of rotatable bonds is 4. The van der Waals surface area contributed by atoms with E-state index in [9.17, 15) is 9.59 Å². The van der Waals surface area contributed by atoms with Crippen LogP contribution in [0.15, 0.2) is 10.6 Å². The topological polar surface area (TPSA) is 84.2 Å². The summed E-state index contributed by atoms with van der Waals surface area (Å²) in [6, 6.07) is 0.974. The number of nitrogens with one attached hydrogen (secondary N) is 2. The molecule has 0 aliphatic rings. The highest BCUT2D eigenvalue weighted by Gasteiger charge is 2.15. The summed E-state index contributed by atoms with van der Waals surface area (Å²) in [7, 11) is 0. The van der Waals surface area contributed by atoms with Crippen LogP contribution in [0.3, 0.4) is 0 Å². The van der Waals surface area contributed by atoms with Crippen molar-refractivity contribution in [3.8, 4) is 0 Å². The van der Waals surface area contributed by atoms with E-state index in [0.29, 0.717) is 5.76 Å². The molecule has 0 bridgehead atoms. The van der Waals surface area contributed by atoms with Gasteiger partial charge in [0.05, 0.1) is 0 Å². The largest absolute Gasteiger partial charge is 0.361 e. The third kappa shape index (κ3) is 4.26. The molecule has 17 heavy (non-hydrogen) atoms. The van der Waals surface area contributed by atoms with Crippen molar-refractivity contribution in [2.45, 2.75) is 39.7 Å². The Morgan fingerprint density at radius 3 is 2.76 bits per heavy atom. The van der Waals surface area contributed by atoms with Crippen LogP contribution in [0.25, 0.3) is 0 Å². The van der Waals surface area contributed by atoms with E-state index in [1.54, 1.807) is 19.9 Å². The molecule has 0 saturated heterocycles. The molecule has 0 aliphatic heterocycles. The van der Waals surface area contributed by atoms with Crippen molar-refractivity contribution in [2.24, 2.45) is 0 Å². The minimum absolute atomic E-state index is 0.0317. The fourth-order valence-corrected chi connectivity index (χ4v) is 1.25. The lowest BCUT2D eigenvalue weighted by Crippen LogP contribution is -2.42. The predicted octanol–water partition coefficient (Wildman–Crippen LogP) is 1.47. The molecule has 2 N–H and O–H groups in total. The van der Waals surface area contributed by atoms with Gasteiger partial charge in [-0.1, -0.05) is 12.1 Å². The summed E-state index contributed by atoms with van der Waals surface area (Å²) in [5, 5.41) is 8.32. The highest BCUT2D eigenvalue weighted by atomic mass is 16.5. The number of hydrogen-bond acceptors (Lipinski definition) is 4. The second kappa shape index (κ2) is 6.03. The summed E-state index contributed by atoms with van der Waals surface area (Å²) in [6.07, 6.45) is 1.63. The molecule has 0 saturated carbocycles. The molecule has 0 unspecified atom stereocenters. The van der Waals surface area contributed by atoms with E-state index in [-0.39, 0.29) is 11.7 Å². The Hall–Kier alpha value is -1.85. The fourth-order valence-electron chi connectivity index (χ4n) is 1.25. The first-order valence-corrected chi connectivity index (χ1v) is 5.60. The Bertz CT molecular complexity index is 398. The van der Waals surface area contributed by atoms with Crippen molar-refractivity contribution < 1.29 is 14.1 Å². The van der Waals surface area contributed by atoms with E-state index >= 15 is 0 Å². The summed E-state index contributed by atoms with van der Waals surface area (Å²) in [5.41, 5.74) is 0.118. The lowest BCUT2D eigenvalue weighted by molar-refractivity contribution is 0.0954. The third-order valence-electron chi connectivity index (χ3n) is 1.93. The number of aryl methyl sites for hydroxylation is 1. The molecule has 0 spiro atoms. The lowest BCUT2D eigenvalue weighted by atomic mass is 10.2. The summed E-state index contributed by atoms with van der Waals surface area (Å²) in [5.74, 6) is 0.0798. The van der Waals surface area contributed by atoms with Crippen LogP contribution in [0.4, 0.5) is 4.79 Å². The Kier molecular flexibility index (Phi) is 4.68. The zero-order chi connectivity index (χ0) is 12.8. The van der Waals surface area contributed by atoms with E-state index in [1.165, 1.54) is 0 Å². The molecule has 0 aliphatic carbocycles. The van der Waals surface area contributed by atoms with Crippen molar-refractivity contribution in [3.05, 3.63) is 17.5 Å². The minimum Gasteiger partial charge on any atom is -0.361 e. The van der Waals surface area contributed by atoms with Crippen LogP contribution in [0.5, 0.6) is 0 Å². The number of hydrogen-bond donors (Lipinski definition) is 2. The third-order valence-corrected chi connectivity index (χ3v) is 1.93. The van der Waals surface area contributed by atoms with Gasteiger partial charge in [0.2, 0.25) is 0 Å². The zero-order valence-corrected chi connectivity index (χ0v) is 10.2. The Morgan fingerprint density at radius 1 is 1.47 bits per heavy atom. The maximum Gasteiger partial charge on any atom is 0.321 e. The molecule has 1 aromatic rings. The van der Waals surface area contributed by atoms with E-state index in [0.717, 1.165) is 12.8 Å². The molecule has 0 aromatic carbocycles. The number of aromatic nitrogens is 1. The van der Waals surface area contributed by atoms with Gasteiger partial charge in [-0.3, -0.25) is 10.1 Å². The van der Waals surface area contributed by atoms with Crippen LogP contribution in [0.1, 0.15) is 43.4 Å². The van der Waals surface area contributed by atoms with Crippen LogP contribution in [0, 0.1) is 0 Å². The Balaban J connectivity index is 2.54. The number of carbonyl (C=O) groups is 2. The molecule has 6 nitrogen and oxygen atoms in total. The maximum atomic E-state index is 11.6. The zero-order valence-electron chi connectivity index (χ0n) is 10.2. The van der Waals surface area contributed by atoms with Gasteiger partial charge in [-0.05, 0) is 20.3 Å². The van der Waals surface area contributed by atoms with Crippen molar-refractivity contribution >= 4 is 11.9 Å². The smallest absolute Gasteiger partial charge is 0.321 e. The van der Waals surface area contributed by atoms with Gasteiger partial charge in [0.1, 0.15) is 5.76 Å². The predicted molar refractivity (Wildman–Crippen MR) is 61.6 cm³/mol. The monoisotopic (exact) mass is 239 g/mol. The number of amides is 3. The minimum atomic E-state index is -0.561. The van der Waals surface area contributed by atoms with Crippen LogP contribution < -0.4 is 10.6 Å². The van der Waals surface area contributed by atoms with Crippen molar-refractivity contribution in [2.75, 3.05) is 0 Å².